The van der Waals surface area contributed by atoms with Crippen LogP contribution in [0.15, 0.2) is 36.7 Å². The molecule has 0 saturated carbocycles. The van der Waals surface area contributed by atoms with Gasteiger partial charge in [0.15, 0.2) is 0 Å². The first-order chi connectivity index (χ1) is 15.9. The maximum Gasteiger partial charge on any atom is 0.237 e. The van der Waals surface area contributed by atoms with Gasteiger partial charge in [0.1, 0.15) is 12.3 Å². The van der Waals surface area contributed by atoms with E-state index >= 15 is 0 Å². The third-order valence-corrected chi connectivity index (χ3v) is 7.81. The number of fused-ring (bicyclic) bond motifs is 2. The van der Waals surface area contributed by atoms with Crippen molar-refractivity contribution in [3.05, 3.63) is 59.0 Å². The van der Waals surface area contributed by atoms with Gasteiger partial charge in [0.25, 0.3) is 0 Å². The van der Waals surface area contributed by atoms with E-state index in [1.54, 1.807) is 0 Å². The Morgan fingerprint density at radius 1 is 1.15 bits per heavy atom. The number of pyridine rings is 1. The van der Waals surface area contributed by atoms with Crippen LogP contribution in [-0.4, -0.2) is 40.9 Å². The number of hydrogen-bond acceptors (Lipinski definition) is 8. The van der Waals surface area contributed by atoms with Gasteiger partial charge in [-0.25, -0.2) is 15.0 Å². The van der Waals surface area contributed by atoms with Gasteiger partial charge in [0.2, 0.25) is 11.8 Å². The Bertz CT molecular complexity index is 1160. The summed E-state index contributed by atoms with van der Waals surface area (Å²) in [5.74, 6) is 1.32. The van der Waals surface area contributed by atoms with Crippen molar-refractivity contribution in [2.75, 3.05) is 41.5 Å². The van der Waals surface area contributed by atoms with Gasteiger partial charge in [-0.1, -0.05) is 12.1 Å². The molecule has 0 radical (unpaired) electrons. The second kappa shape index (κ2) is 8.74. The molecule has 0 fully saturated rings. The Morgan fingerprint density at radius 2 is 1.97 bits per heavy atom. The molecule has 172 valence electrons. The van der Waals surface area contributed by atoms with E-state index in [0.29, 0.717) is 18.4 Å². The lowest BCUT2D eigenvalue weighted by molar-refractivity contribution is 0.310. The Labute approximate surface area is 199 Å². The predicted molar refractivity (Wildman–Crippen MR) is 136 cm³/mol. The second-order valence-corrected chi connectivity index (χ2v) is 10.4. The van der Waals surface area contributed by atoms with Crippen LogP contribution in [-0.2, 0) is 17.7 Å². The Hall–Kier alpha value is -3.00. The number of ether oxygens (including phenoxy) is 1. The highest BCUT2D eigenvalue weighted by atomic mass is 32.2. The highest BCUT2D eigenvalue weighted by molar-refractivity contribution is 7.99. The Kier molecular flexibility index (Phi) is 5.78. The molecule has 4 heterocycles. The van der Waals surface area contributed by atoms with Crippen LogP contribution in [0.4, 0.5) is 23.0 Å². The van der Waals surface area contributed by atoms with Crippen LogP contribution < -0.4 is 20.3 Å². The fourth-order valence-electron chi connectivity index (χ4n) is 4.30. The topological polar surface area (TPSA) is 75.2 Å². The van der Waals surface area contributed by atoms with Crippen molar-refractivity contribution in [2.24, 2.45) is 0 Å². The van der Waals surface area contributed by atoms with Gasteiger partial charge in [-0.3, -0.25) is 0 Å². The first-order valence-corrected chi connectivity index (χ1v) is 12.6. The van der Waals surface area contributed by atoms with Gasteiger partial charge in [-0.2, -0.15) is 11.8 Å². The number of rotatable bonds is 5. The summed E-state index contributed by atoms with van der Waals surface area (Å²) in [5.41, 5.74) is 7.85. The zero-order valence-corrected chi connectivity index (χ0v) is 20.4. The quantitative estimate of drug-likeness (QED) is 0.555. The van der Waals surface area contributed by atoms with Crippen LogP contribution in [0.1, 0.15) is 36.2 Å². The van der Waals surface area contributed by atoms with Crippen molar-refractivity contribution < 1.29 is 4.74 Å². The zero-order valence-electron chi connectivity index (χ0n) is 19.6. The molecular weight excluding hydrogens is 432 g/mol. The van der Waals surface area contributed by atoms with Gasteiger partial charge in [-0.15, -0.1) is 0 Å². The SMILES string of the molecule is CSC(C)(C)c1ccc(Nc2ncc3c(n2)CN(c2cnc4c(c2C)NCCO4)CC3)cc1. The summed E-state index contributed by atoms with van der Waals surface area (Å²) >= 11 is 1.85. The summed E-state index contributed by atoms with van der Waals surface area (Å²) in [4.78, 5) is 16.3. The fraction of sp³-hybridized carbons (Fsp3) is 0.400. The summed E-state index contributed by atoms with van der Waals surface area (Å²) in [6.45, 7) is 9.71. The highest BCUT2D eigenvalue weighted by Gasteiger charge is 2.24. The molecule has 2 N–H and O–H groups in total. The number of hydrogen-bond donors (Lipinski definition) is 2. The van der Waals surface area contributed by atoms with E-state index in [2.05, 4.69) is 76.8 Å². The lowest BCUT2D eigenvalue weighted by Gasteiger charge is -2.32. The summed E-state index contributed by atoms with van der Waals surface area (Å²) in [7, 11) is 0. The molecule has 0 saturated heterocycles. The van der Waals surface area contributed by atoms with E-state index in [1.165, 1.54) is 16.7 Å². The minimum absolute atomic E-state index is 0.0929. The molecule has 0 aliphatic carbocycles. The van der Waals surface area contributed by atoms with Crippen molar-refractivity contribution in [3.8, 4) is 5.88 Å². The molecule has 0 amide bonds. The normalized spacial score (nSPS) is 15.2. The van der Waals surface area contributed by atoms with Crippen molar-refractivity contribution in [1.82, 2.24) is 15.0 Å². The summed E-state index contributed by atoms with van der Waals surface area (Å²) in [5, 5.41) is 6.80. The van der Waals surface area contributed by atoms with Crippen LogP contribution in [0.5, 0.6) is 5.88 Å². The fourth-order valence-corrected chi connectivity index (χ4v) is 4.67. The number of aromatic nitrogens is 3. The maximum atomic E-state index is 5.69. The summed E-state index contributed by atoms with van der Waals surface area (Å²) in [6, 6.07) is 8.53. The van der Waals surface area contributed by atoms with Crippen molar-refractivity contribution in [3.63, 3.8) is 0 Å². The van der Waals surface area contributed by atoms with Crippen molar-refractivity contribution in [2.45, 2.75) is 38.5 Å². The molecule has 2 aliphatic heterocycles. The van der Waals surface area contributed by atoms with E-state index in [0.717, 1.165) is 48.8 Å². The summed E-state index contributed by atoms with van der Waals surface area (Å²) in [6.07, 6.45) is 6.93. The molecular formula is C25H30N6OS. The molecule has 2 aromatic heterocycles. The molecule has 0 spiro atoms. The molecule has 5 rings (SSSR count). The number of anilines is 4. The van der Waals surface area contributed by atoms with Gasteiger partial charge in [0, 0.05) is 35.3 Å². The van der Waals surface area contributed by atoms with Crippen molar-refractivity contribution >= 4 is 34.8 Å². The smallest absolute Gasteiger partial charge is 0.237 e. The van der Waals surface area contributed by atoms with Crippen molar-refractivity contribution in [1.29, 1.82) is 0 Å². The van der Waals surface area contributed by atoms with E-state index in [9.17, 15) is 0 Å². The maximum absolute atomic E-state index is 5.69. The largest absolute Gasteiger partial charge is 0.474 e. The molecule has 0 bridgehead atoms. The molecule has 0 unspecified atom stereocenters. The standard InChI is InChI=1S/C25H30N6OS/c1-16-21(14-27-23-22(16)26-10-12-32-23)31-11-9-17-13-28-24(30-20(17)15-31)29-19-7-5-18(6-8-19)25(2,3)33-4/h5-8,13-14,26H,9-12,15H2,1-4H3,(H,28,29,30). The number of thioether (sulfide) groups is 1. The number of benzene rings is 1. The molecule has 8 heteroatoms. The highest BCUT2D eigenvalue weighted by Crippen LogP contribution is 2.36. The minimum atomic E-state index is 0.0929. The average Bonchev–Trinajstić information content (AvgIpc) is 2.84. The molecule has 2 aliphatic rings. The Morgan fingerprint density at radius 3 is 2.76 bits per heavy atom. The molecule has 0 atom stereocenters. The van der Waals surface area contributed by atoms with Gasteiger partial charge in [-0.05, 0) is 56.7 Å². The predicted octanol–water partition coefficient (Wildman–Crippen LogP) is 4.89. The lowest BCUT2D eigenvalue weighted by Crippen LogP contribution is -2.32. The van der Waals surface area contributed by atoms with Crippen LogP contribution >= 0.6 is 11.8 Å². The van der Waals surface area contributed by atoms with Crippen LogP contribution in [0.3, 0.4) is 0 Å². The van der Waals surface area contributed by atoms with E-state index in [1.807, 2.05) is 24.2 Å². The Balaban J connectivity index is 1.34. The van der Waals surface area contributed by atoms with Gasteiger partial charge in [0.05, 0.1) is 24.1 Å². The number of nitrogens with zero attached hydrogens (tertiary/aromatic N) is 4. The molecule has 7 nitrogen and oxygen atoms in total. The van der Waals surface area contributed by atoms with Gasteiger partial charge >= 0.3 is 0 Å². The van der Waals surface area contributed by atoms with Crippen LogP contribution in [0, 0.1) is 6.92 Å². The van der Waals surface area contributed by atoms with E-state index in [-0.39, 0.29) is 4.75 Å². The second-order valence-electron chi connectivity index (χ2n) is 8.98. The average molecular weight is 463 g/mol. The molecule has 33 heavy (non-hydrogen) atoms. The van der Waals surface area contributed by atoms with Gasteiger partial charge < -0.3 is 20.3 Å². The van der Waals surface area contributed by atoms with E-state index < -0.39 is 0 Å². The summed E-state index contributed by atoms with van der Waals surface area (Å²) < 4.78 is 5.78. The monoisotopic (exact) mass is 462 g/mol. The third kappa shape index (κ3) is 4.31. The first kappa shape index (κ1) is 21.8. The molecule has 1 aromatic carbocycles. The minimum Gasteiger partial charge on any atom is -0.474 e. The van der Waals surface area contributed by atoms with Crippen LogP contribution in [0.25, 0.3) is 0 Å². The van der Waals surface area contributed by atoms with E-state index in [4.69, 9.17) is 9.72 Å². The third-order valence-electron chi connectivity index (χ3n) is 6.55. The lowest BCUT2D eigenvalue weighted by atomic mass is 10.0. The number of nitrogens with one attached hydrogen (secondary N) is 2. The molecule has 3 aromatic rings. The first-order valence-electron chi connectivity index (χ1n) is 11.3. The zero-order chi connectivity index (χ0) is 23.0. The van der Waals surface area contributed by atoms with Crippen LogP contribution in [0.2, 0.25) is 0 Å².